The summed E-state index contributed by atoms with van der Waals surface area (Å²) in [4.78, 5) is 11.8. The molecule has 0 fully saturated rings. The third-order valence-electron chi connectivity index (χ3n) is 2.22. The van der Waals surface area contributed by atoms with Gasteiger partial charge in [0.15, 0.2) is 16.6 Å². The summed E-state index contributed by atoms with van der Waals surface area (Å²) in [7, 11) is 0. The molecule has 0 aliphatic carbocycles. The fourth-order valence-corrected chi connectivity index (χ4v) is 1.68. The van der Waals surface area contributed by atoms with Crippen molar-refractivity contribution in [3.05, 3.63) is 30.2 Å². The maximum absolute atomic E-state index is 11.8. The summed E-state index contributed by atoms with van der Waals surface area (Å²) >= 11 is 4.97. The van der Waals surface area contributed by atoms with E-state index in [0.717, 1.165) is 0 Å². The Morgan fingerprint density at radius 2 is 2.15 bits per heavy atom. The number of carbonyl (C=O) groups is 1. The molecule has 1 amide bonds. The standard InChI is InChI=1S/C12H14N4O3S/c1-7(2)13-12(20)15-14-11(17)8-6-10(19-16-8)9-4-3-5-18-9/h3-7H,1-2H3,(H,14,17)(H2,13,15,20). The van der Waals surface area contributed by atoms with Crippen molar-refractivity contribution in [3.8, 4) is 11.5 Å². The Labute approximate surface area is 120 Å². The van der Waals surface area contributed by atoms with Crippen LogP contribution in [0.15, 0.2) is 33.4 Å². The zero-order valence-electron chi connectivity index (χ0n) is 11.0. The largest absolute Gasteiger partial charge is 0.461 e. The highest BCUT2D eigenvalue weighted by molar-refractivity contribution is 7.80. The molecule has 2 aromatic rings. The first kappa shape index (κ1) is 14.1. The lowest BCUT2D eigenvalue weighted by atomic mass is 10.3. The summed E-state index contributed by atoms with van der Waals surface area (Å²) in [6.07, 6.45) is 1.51. The number of amides is 1. The first-order valence-electron chi connectivity index (χ1n) is 5.93. The van der Waals surface area contributed by atoms with Crippen LogP contribution in [0.4, 0.5) is 0 Å². The summed E-state index contributed by atoms with van der Waals surface area (Å²) in [6, 6.07) is 5.08. The van der Waals surface area contributed by atoms with Gasteiger partial charge in [-0.3, -0.25) is 15.6 Å². The summed E-state index contributed by atoms with van der Waals surface area (Å²) in [5, 5.41) is 6.91. The van der Waals surface area contributed by atoms with E-state index in [1.165, 1.54) is 12.3 Å². The predicted octanol–water partition coefficient (Wildman–Crippen LogP) is 1.45. The Morgan fingerprint density at radius 1 is 1.35 bits per heavy atom. The van der Waals surface area contributed by atoms with Crippen molar-refractivity contribution in [3.63, 3.8) is 0 Å². The second-order valence-electron chi connectivity index (χ2n) is 4.26. The minimum Gasteiger partial charge on any atom is -0.461 e. The molecule has 3 N–H and O–H groups in total. The number of rotatable bonds is 3. The molecule has 0 spiro atoms. The van der Waals surface area contributed by atoms with Crippen molar-refractivity contribution in [1.29, 1.82) is 0 Å². The van der Waals surface area contributed by atoms with E-state index < -0.39 is 5.91 Å². The summed E-state index contributed by atoms with van der Waals surface area (Å²) < 4.78 is 10.2. The minimum atomic E-state index is -0.459. The molecule has 0 aliphatic heterocycles. The Kier molecular flexibility index (Phi) is 4.36. The van der Waals surface area contributed by atoms with Crippen molar-refractivity contribution >= 4 is 23.2 Å². The van der Waals surface area contributed by atoms with E-state index in [4.69, 9.17) is 21.2 Å². The van der Waals surface area contributed by atoms with Gasteiger partial charge in [0, 0.05) is 12.1 Å². The zero-order valence-corrected chi connectivity index (χ0v) is 11.8. The molecule has 0 aromatic carbocycles. The van der Waals surface area contributed by atoms with Gasteiger partial charge in [0.05, 0.1) is 6.26 Å². The minimum absolute atomic E-state index is 0.122. The maximum atomic E-state index is 11.8. The quantitative estimate of drug-likeness (QED) is 0.583. The number of carbonyl (C=O) groups excluding carboxylic acids is 1. The highest BCUT2D eigenvalue weighted by atomic mass is 32.1. The van der Waals surface area contributed by atoms with E-state index in [0.29, 0.717) is 16.6 Å². The summed E-state index contributed by atoms with van der Waals surface area (Å²) in [6.45, 7) is 3.87. The van der Waals surface area contributed by atoms with E-state index in [-0.39, 0.29) is 11.7 Å². The Bertz CT molecular complexity index is 592. The van der Waals surface area contributed by atoms with E-state index in [1.54, 1.807) is 12.1 Å². The smallest absolute Gasteiger partial charge is 0.291 e. The van der Waals surface area contributed by atoms with Gasteiger partial charge in [-0.15, -0.1) is 0 Å². The lowest BCUT2D eigenvalue weighted by molar-refractivity contribution is 0.0934. The van der Waals surface area contributed by atoms with Crippen molar-refractivity contribution in [1.82, 2.24) is 21.3 Å². The van der Waals surface area contributed by atoms with E-state index in [1.807, 2.05) is 13.8 Å². The Hall–Kier alpha value is -2.35. The lowest BCUT2D eigenvalue weighted by Crippen LogP contribution is -2.48. The number of hydrazine groups is 1. The van der Waals surface area contributed by atoms with Crippen LogP contribution in [0.1, 0.15) is 24.3 Å². The average Bonchev–Trinajstić information content (AvgIpc) is 3.04. The Morgan fingerprint density at radius 3 is 2.80 bits per heavy atom. The normalized spacial score (nSPS) is 10.3. The monoisotopic (exact) mass is 294 g/mol. The molecule has 8 heteroatoms. The lowest BCUT2D eigenvalue weighted by Gasteiger charge is -2.12. The zero-order chi connectivity index (χ0) is 14.5. The van der Waals surface area contributed by atoms with Gasteiger partial charge in [-0.1, -0.05) is 5.16 Å². The second kappa shape index (κ2) is 6.20. The maximum Gasteiger partial charge on any atom is 0.291 e. The van der Waals surface area contributed by atoms with Gasteiger partial charge in [-0.25, -0.2) is 0 Å². The molecule has 0 atom stereocenters. The number of furan rings is 1. The molecule has 0 unspecified atom stereocenters. The molecule has 0 saturated heterocycles. The van der Waals surface area contributed by atoms with Crippen LogP contribution in [0.2, 0.25) is 0 Å². The topological polar surface area (TPSA) is 92.3 Å². The van der Waals surface area contributed by atoms with E-state index in [9.17, 15) is 4.79 Å². The third-order valence-corrected chi connectivity index (χ3v) is 2.44. The predicted molar refractivity (Wildman–Crippen MR) is 75.7 cm³/mol. The molecule has 0 saturated carbocycles. The van der Waals surface area contributed by atoms with Crippen LogP contribution in [-0.4, -0.2) is 22.2 Å². The van der Waals surface area contributed by atoms with Crippen molar-refractivity contribution in [2.75, 3.05) is 0 Å². The van der Waals surface area contributed by atoms with Gasteiger partial charge >= 0.3 is 0 Å². The van der Waals surface area contributed by atoms with Gasteiger partial charge < -0.3 is 14.3 Å². The van der Waals surface area contributed by atoms with Crippen LogP contribution < -0.4 is 16.2 Å². The molecular weight excluding hydrogens is 280 g/mol. The number of thiocarbonyl (C=S) groups is 1. The summed E-state index contributed by atoms with van der Waals surface area (Å²) in [5.41, 5.74) is 5.11. The molecule has 106 valence electrons. The number of aromatic nitrogens is 1. The third kappa shape index (κ3) is 3.58. The van der Waals surface area contributed by atoms with Crippen LogP contribution in [0.3, 0.4) is 0 Å². The first-order chi connectivity index (χ1) is 9.56. The van der Waals surface area contributed by atoms with Crippen molar-refractivity contribution in [2.45, 2.75) is 19.9 Å². The van der Waals surface area contributed by atoms with Gasteiger partial charge in [-0.05, 0) is 38.2 Å². The highest BCUT2D eigenvalue weighted by Crippen LogP contribution is 2.20. The molecule has 0 bridgehead atoms. The van der Waals surface area contributed by atoms with Crippen LogP contribution in [-0.2, 0) is 0 Å². The molecular formula is C12H14N4O3S. The van der Waals surface area contributed by atoms with E-state index in [2.05, 4.69) is 21.3 Å². The van der Waals surface area contributed by atoms with Gasteiger partial charge in [0.1, 0.15) is 0 Å². The molecule has 20 heavy (non-hydrogen) atoms. The summed E-state index contributed by atoms with van der Waals surface area (Å²) in [5.74, 6) is 0.420. The molecule has 0 aliphatic rings. The van der Waals surface area contributed by atoms with Crippen molar-refractivity contribution < 1.29 is 13.7 Å². The number of hydrogen-bond acceptors (Lipinski definition) is 5. The highest BCUT2D eigenvalue weighted by Gasteiger charge is 2.15. The molecule has 2 heterocycles. The fraction of sp³-hybridized carbons (Fsp3) is 0.250. The van der Waals surface area contributed by atoms with Crippen LogP contribution in [0.25, 0.3) is 11.5 Å². The number of nitrogens with one attached hydrogen (secondary N) is 3. The van der Waals surface area contributed by atoms with Crippen LogP contribution in [0.5, 0.6) is 0 Å². The molecule has 2 aromatic heterocycles. The first-order valence-corrected chi connectivity index (χ1v) is 6.34. The number of hydrogen-bond donors (Lipinski definition) is 3. The van der Waals surface area contributed by atoms with Gasteiger partial charge in [0.2, 0.25) is 5.76 Å². The van der Waals surface area contributed by atoms with Gasteiger partial charge in [0.25, 0.3) is 5.91 Å². The fourth-order valence-electron chi connectivity index (χ4n) is 1.39. The van der Waals surface area contributed by atoms with Crippen LogP contribution >= 0.6 is 12.2 Å². The molecule has 2 rings (SSSR count). The van der Waals surface area contributed by atoms with Gasteiger partial charge in [-0.2, -0.15) is 0 Å². The second-order valence-corrected chi connectivity index (χ2v) is 4.67. The van der Waals surface area contributed by atoms with Crippen LogP contribution in [0, 0.1) is 0 Å². The SMILES string of the molecule is CC(C)NC(=S)NNC(=O)c1cc(-c2ccco2)on1. The molecule has 7 nitrogen and oxygen atoms in total. The molecule has 0 radical (unpaired) electrons. The average molecular weight is 294 g/mol. The van der Waals surface area contributed by atoms with Crippen molar-refractivity contribution in [2.24, 2.45) is 0 Å². The Balaban J connectivity index is 1.92. The van der Waals surface area contributed by atoms with E-state index >= 15 is 0 Å². The number of nitrogens with zero attached hydrogens (tertiary/aromatic N) is 1.